The van der Waals surface area contributed by atoms with Crippen molar-refractivity contribution < 1.29 is 14.3 Å². The van der Waals surface area contributed by atoms with Crippen molar-refractivity contribution in [2.75, 3.05) is 25.5 Å². The van der Waals surface area contributed by atoms with E-state index in [0.29, 0.717) is 25.3 Å². The summed E-state index contributed by atoms with van der Waals surface area (Å²) >= 11 is 3.30. The number of nitrogens with two attached hydrogens (primary N) is 1. The van der Waals surface area contributed by atoms with Crippen LogP contribution in [-0.4, -0.2) is 36.9 Å². The lowest BCUT2D eigenvalue weighted by Gasteiger charge is -2.34. The Hall–Kier alpha value is -1.18. The molecule has 2 rings (SSSR count). The quantitative estimate of drug-likeness (QED) is 0.655. The van der Waals surface area contributed by atoms with E-state index in [9.17, 15) is 4.79 Å². The Morgan fingerprint density at radius 1 is 1.46 bits per heavy atom. The number of anilines is 1. The fourth-order valence-corrected chi connectivity index (χ4v) is 3.44. The van der Waals surface area contributed by atoms with Crippen LogP contribution in [0.3, 0.4) is 0 Å². The smallest absolute Gasteiger partial charge is 0.255 e. The second-order valence-electron chi connectivity index (χ2n) is 6.42. The molecule has 0 saturated carbocycles. The summed E-state index contributed by atoms with van der Waals surface area (Å²) in [4.78, 5) is 16.2. The van der Waals surface area contributed by atoms with Crippen LogP contribution >= 0.6 is 15.9 Å². The number of nitrogens with zero attached hydrogens (tertiary/aromatic N) is 1. The van der Waals surface area contributed by atoms with Crippen molar-refractivity contribution >= 4 is 27.7 Å². The van der Waals surface area contributed by atoms with Crippen molar-refractivity contribution in [2.45, 2.75) is 45.8 Å². The number of rotatable bonds is 8. The van der Waals surface area contributed by atoms with Crippen LogP contribution < -0.4 is 11.1 Å². The summed E-state index contributed by atoms with van der Waals surface area (Å²) < 4.78 is 12.1. The zero-order valence-corrected chi connectivity index (χ0v) is 15.9. The number of nitrogens with one attached hydrogen (secondary N) is 1. The Balaban J connectivity index is 1.84. The molecule has 0 aliphatic carbocycles. The third-order valence-corrected chi connectivity index (χ3v) is 4.79. The van der Waals surface area contributed by atoms with Gasteiger partial charge >= 0.3 is 0 Å². The van der Waals surface area contributed by atoms with E-state index in [1.165, 1.54) is 0 Å². The van der Waals surface area contributed by atoms with Crippen molar-refractivity contribution in [3.05, 3.63) is 22.3 Å². The first-order valence-corrected chi connectivity index (χ1v) is 9.18. The molecule has 0 spiro atoms. The van der Waals surface area contributed by atoms with Crippen molar-refractivity contribution in [3.63, 3.8) is 0 Å². The Morgan fingerprint density at radius 3 is 2.83 bits per heavy atom. The first kappa shape index (κ1) is 19.1. The van der Waals surface area contributed by atoms with E-state index in [1.807, 2.05) is 0 Å². The zero-order chi connectivity index (χ0) is 17.6. The van der Waals surface area contributed by atoms with Crippen LogP contribution in [0.1, 0.15) is 49.9 Å². The topological polar surface area (TPSA) is 86.5 Å². The van der Waals surface area contributed by atoms with E-state index in [2.05, 4.69) is 40.1 Å². The molecule has 1 amide bonds. The lowest BCUT2D eigenvalue weighted by Crippen LogP contribution is -2.34. The normalized spacial score (nSPS) is 17.6. The Labute approximate surface area is 151 Å². The summed E-state index contributed by atoms with van der Waals surface area (Å²) in [6.45, 7) is 6.27. The van der Waals surface area contributed by atoms with Gasteiger partial charge in [-0.1, -0.05) is 20.3 Å². The summed E-state index contributed by atoms with van der Waals surface area (Å²) in [7, 11) is 0. The van der Waals surface area contributed by atoms with Crippen LogP contribution in [0.2, 0.25) is 0 Å². The predicted octanol–water partition coefficient (Wildman–Crippen LogP) is 3.12. The largest absolute Gasteiger partial charge is 0.383 e. The van der Waals surface area contributed by atoms with Crippen molar-refractivity contribution in [1.82, 2.24) is 10.3 Å². The summed E-state index contributed by atoms with van der Waals surface area (Å²) in [5.41, 5.74) is 6.13. The minimum atomic E-state index is -0.202. The Morgan fingerprint density at radius 2 is 2.17 bits per heavy atom. The molecule has 7 heteroatoms. The molecule has 0 radical (unpaired) electrons. The number of amides is 1. The second kappa shape index (κ2) is 8.78. The van der Waals surface area contributed by atoms with Gasteiger partial charge in [0.1, 0.15) is 5.82 Å². The molecule has 6 nitrogen and oxygen atoms in total. The number of pyridine rings is 1. The van der Waals surface area contributed by atoms with Crippen LogP contribution in [-0.2, 0) is 9.47 Å². The number of hydrogen-bond acceptors (Lipinski definition) is 5. The molecule has 0 bridgehead atoms. The van der Waals surface area contributed by atoms with Crippen LogP contribution in [0.4, 0.5) is 5.82 Å². The van der Waals surface area contributed by atoms with Crippen LogP contribution in [0.5, 0.6) is 0 Å². The molecule has 1 atom stereocenters. The van der Waals surface area contributed by atoms with E-state index in [1.54, 1.807) is 12.3 Å². The molecule has 1 unspecified atom stereocenters. The minimum absolute atomic E-state index is 0.0215. The number of carbonyl (C=O) groups is 1. The number of hydrogen-bond donors (Lipinski definition) is 2. The zero-order valence-electron chi connectivity index (χ0n) is 14.3. The molecule has 134 valence electrons. The molecule has 1 aliphatic heterocycles. The van der Waals surface area contributed by atoms with Gasteiger partial charge in [-0.3, -0.25) is 4.79 Å². The molecule has 1 aliphatic rings. The monoisotopic (exact) mass is 399 g/mol. The van der Waals surface area contributed by atoms with E-state index in [4.69, 9.17) is 15.2 Å². The van der Waals surface area contributed by atoms with Crippen LogP contribution in [0, 0.1) is 5.41 Å². The maximum atomic E-state index is 12.2. The fraction of sp³-hybridized carbons (Fsp3) is 0.647. The van der Waals surface area contributed by atoms with Gasteiger partial charge in [0.05, 0.1) is 18.8 Å². The van der Waals surface area contributed by atoms with Gasteiger partial charge in [0.15, 0.2) is 6.29 Å². The van der Waals surface area contributed by atoms with E-state index < -0.39 is 0 Å². The number of carbonyl (C=O) groups excluding carboxylic acids is 1. The molecule has 1 aromatic rings. The van der Waals surface area contributed by atoms with Crippen LogP contribution in [0.15, 0.2) is 16.7 Å². The number of nitrogen functional groups attached to an aromatic ring is 1. The van der Waals surface area contributed by atoms with Gasteiger partial charge in [0, 0.05) is 22.6 Å². The lowest BCUT2D eigenvalue weighted by molar-refractivity contribution is -0.133. The summed E-state index contributed by atoms with van der Waals surface area (Å²) in [6, 6.07) is 1.68. The highest BCUT2D eigenvalue weighted by atomic mass is 79.9. The van der Waals surface area contributed by atoms with Gasteiger partial charge in [-0.2, -0.15) is 0 Å². The van der Waals surface area contributed by atoms with Gasteiger partial charge in [0.2, 0.25) is 0 Å². The van der Waals surface area contributed by atoms with Crippen molar-refractivity contribution in [2.24, 2.45) is 5.41 Å². The Bertz CT molecular complexity index is 564. The predicted molar refractivity (Wildman–Crippen MR) is 96.6 cm³/mol. The highest BCUT2D eigenvalue weighted by Gasteiger charge is 2.37. The van der Waals surface area contributed by atoms with Gasteiger partial charge in [0.25, 0.3) is 5.91 Å². The highest BCUT2D eigenvalue weighted by Crippen LogP contribution is 2.37. The number of halogens is 1. The first-order valence-electron chi connectivity index (χ1n) is 8.38. The first-order chi connectivity index (χ1) is 11.5. The third kappa shape index (κ3) is 4.91. The summed E-state index contributed by atoms with van der Waals surface area (Å²) in [6.07, 6.45) is 5.33. The maximum Gasteiger partial charge on any atom is 0.255 e. The second-order valence-corrected chi connectivity index (χ2v) is 7.34. The molecule has 0 aromatic carbocycles. The molecular formula is C17H26BrN3O3. The lowest BCUT2D eigenvalue weighted by atomic mass is 9.80. The average molecular weight is 400 g/mol. The van der Waals surface area contributed by atoms with E-state index >= 15 is 0 Å². The molecule has 24 heavy (non-hydrogen) atoms. The standard InChI is InChI=1S/C17H26BrN3O3/c1-3-5-17(2,16-23-8-9-24-16)6-4-7-20-15(22)13-10-12(18)11-21-14(13)19/h10-11,16H,3-9H2,1-2H3,(H2,19,21)(H,20,22). The van der Waals surface area contributed by atoms with E-state index in [0.717, 1.165) is 30.2 Å². The van der Waals surface area contributed by atoms with Gasteiger partial charge in [-0.25, -0.2) is 4.98 Å². The Kier molecular flexibility index (Phi) is 7.01. The van der Waals surface area contributed by atoms with Gasteiger partial charge in [-0.15, -0.1) is 0 Å². The van der Waals surface area contributed by atoms with E-state index in [-0.39, 0.29) is 23.4 Å². The highest BCUT2D eigenvalue weighted by molar-refractivity contribution is 9.10. The molecule has 2 heterocycles. The molecular weight excluding hydrogens is 374 g/mol. The van der Waals surface area contributed by atoms with Gasteiger partial charge in [-0.05, 0) is 41.3 Å². The van der Waals surface area contributed by atoms with Crippen molar-refractivity contribution in [3.8, 4) is 0 Å². The fourth-order valence-electron chi connectivity index (χ4n) is 3.11. The van der Waals surface area contributed by atoms with Crippen LogP contribution in [0.25, 0.3) is 0 Å². The molecule has 1 fully saturated rings. The SMILES string of the molecule is CCCC(C)(CCCNC(=O)c1cc(Br)cnc1N)C1OCCO1. The summed E-state index contributed by atoms with van der Waals surface area (Å²) in [5, 5.41) is 2.91. The third-order valence-electron chi connectivity index (χ3n) is 4.35. The molecule has 3 N–H and O–H groups in total. The molecule has 1 saturated heterocycles. The average Bonchev–Trinajstić information content (AvgIpc) is 3.09. The van der Waals surface area contributed by atoms with Gasteiger partial charge < -0.3 is 20.5 Å². The van der Waals surface area contributed by atoms with Crippen molar-refractivity contribution in [1.29, 1.82) is 0 Å². The number of ether oxygens (including phenoxy) is 2. The molecule has 1 aromatic heterocycles. The number of aromatic nitrogens is 1. The summed E-state index contributed by atoms with van der Waals surface area (Å²) in [5.74, 6) is 0.0335. The minimum Gasteiger partial charge on any atom is -0.383 e. The maximum absolute atomic E-state index is 12.2.